The molecular formula is C23H26N2O4. The lowest BCUT2D eigenvalue weighted by Crippen LogP contribution is -2.41. The molecule has 2 atom stereocenters. The average molecular weight is 394 g/mol. The van der Waals surface area contributed by atoms with Gasteiger partial charge in [0.1, 0.15) is 6.04 Å². The van der Waals surface area contributed by atoms with Crippen LogP contribution in [0.25, 0.3) is 0 Å². The molecule has 6 heteroatoms. The number of carbonyl (C=O) groups excluding carboxylic acids is 2. The van der Waals surface area contributed by atoms with Crippen molar-refractivity contribution in [2.24, 2.45) is 5.92 Å². The van der Waals surface area contributed by atoms with Crippen LogP contribution in [0.1, 0.15) is 36.5 Å². The fraction of sp³-hybridized carbons (Fsp3) is 0.348. The van der Waals surface area contributed by atoms with Gasteiger partial charge in [0.05, 0.1) is 5.92 Å². The smallest absolute Gasteiger partial charge is 0.306 e. The standard InChI is InChI=1S/C23H26N2O4/c1-15-3-5-18(6-4-15)14-25-20(11-12-21(25)26)22(27)24-19-9-7-17(8-10-19)13-16(2)23(28)29/h3-10,16,20H,11-14H2,1-2H3,(H,24,27)(H,28,29). The molecule has 3 rings (SSSR count). The number of hydrogen-bond donors (Lipinski definition) is 2. The van der Waals surface area contributed by atoms with E-state index < -0.39 is 17.9 Å². The van der Waals surface area contributed by atoms with Gasteiger partial charge in [0.15, 0.2) is 0 Å². The zero-order valence-electron chi connectivity index (χ0n) is 16.7. The van der Waals surface area contributed by atoms with Crippen molar-refractivity contribution in [3.63, 3.8) is 0 Å². The zero-order chi connectivity index (χ0) is 21.0. The number of amides is 2. The number of benzene rings is 2. The molecule has 29 heavy (non-hydrogen) atoms. The normalized spacial score (nSPS) is 17.2. The van der Waals surface area contributed by atoms with Gasteiger partial charge in [-0.05, 0) is 43.0 Å². The maximum atomic E-state index is 12.8. The van der Waals surface area contributed by atoms with E-state index in [0.717, 1.165) is 16.7 Å². The molecule has 2 N–H and O–H groups in total. The molecule has 0 spiro atoms. The van der Waals surface area contributed by atoms with Crippen molar-refractivity contribution in [3.8, 4) is 0 Å². The molecular weight excluding hydrogens is 368 g/mol. The molecule has 1 aliphatic rings. The Bertz CT molecular complexity index is 890. The molecule has 0 radical (unpaired) electrons. The first-order valence-corrected chi connectivity index (χ1v) is 9.81. The highest BCUT2D eigenvalue weighted by molar-refractivity contribution is 5.99. The highest BCUT2D eigenvalue weighted by atomic mass is 16.4. The SMILES string of the molecule is Cc1ccc(CN2C(=O)CCC2C(=O)Nc2ccc(CC(C)C(=O)O)cc2)cc1. The Balaban J connectivity index is 1.63. The van der Waals surface area contributed by atoms with Crippen molar-refractivity contribution in [3.05, 3.63) is 65.2 Å². The Morgan fingerprint density at radius 1 is 1.10 bits per heavy atom. The van der Waals surface area contributed by atoms with E-state index in [1.54, 1.807) is 24.0 Å². The summed E-state index contributed by atoms with van der Waals surface area (Å²) in [6, 6.07) is 14.6. The molecule has 1 aliphatic heterocycles. The molecule has 2 amide bonds. The first kappa shape index (κ1) is 20.6. The van der Waals surface area contributed by atoms with E-state index in [4.69, 9.17) is 5.11 Å². The van der Waals surface area contributed by atoms with Crippen LogP contribution in [0, 0.1) is 12.8 Å². The summed E-state index contributed by atoms with van der Waals surface area (Å²) in [5.74, 6) is -1.50. The molecule has 2 aromatic rings. The molecule has 152 valence electrons. The minimum Gasteiger partial charge on any atom is -0.481 e. The Morgan fingerprint density at radius 3 is 2.34 bits per heavy atom. The van der Waals surface area contributed by atoms with Crippen LogP contribution in [0.4, 0.5) is 5.69 Å². The molecule has 0 aliphatic carbocycles. The van der Waals surface area contributed by atoms with E-state index in [1.165, 1.54) is 0 Å². The molecule has 2 aromatic carbocycles. The van der Waals surface area contributed by atoms with Crippen LogP contribution in [-0.4, -0.2) is 33.8 Å². The van der Waals surface area contributed by atoms with Gasteiger partial charge in [0.2, 0.25) is 11.8 Å². The molecule has 1 heterocycles. The summed E-state index contributed by atoms with van der Waals surface area (Å²) < 4.78 is 0. The Morgan fingerprint density at radius 2 is 1.72 bits per heavy atom. The van der Waals surface area contributed by atoms with Crippen molar-refractivity contribution < 1.29 is 19.5 Å². The molecule has 0 aromatic heterocycles. The molecule has 0 bridgehead atoms. The number of aliphatic carboxylic acids is 1. The van der Waals surface area contributed by atoms with Crippen molar-refractivity contribution >= 4 is 23.5 Å². The Kier molecular flexibility index (Phi) is 6.32. The fourth-order valence-corrected chi connectivity index (χ4v) is 3.49. The molecule has 6 nitrogen and oxygen atoms in total. The van der Waals surface area contributed by atoms with Crippen molar-refractivity contribution in [2.45, 2.75) is 45.7 Å². The Labute approximate surface area is 170 Å². The molecule has 2 unspecified atom stereocenters. The van der Waals surface area contributed by atoms with E-state index in [9.17, 15) is 14.4 Å². The lowest BCUT2D eigenvalue weighted by Gasteiger charge is -2.24. The number of anilines is 1. The summed E-state index contributed by atoms with van der Waals surface area (Å²) in [6.45, 7) is 4.09. The third kappa shape index (κ3) is 5.22. The van der Waals surface area contributed by atoms with E-state index in [2.05, 4.69) is 5.32 Å². The van der Waals surface area contributed by atoms with E-state index >= 15 is 0 Å². The molecule has 0 saturated carbocycles. The van der Waals surface area contributed by atoms with Gasteiger partial charge in [-0.15, -0.1) is 0 Å². The summed E-state index contributed by atoms with van der Waals surface area (Å²) >= 11 is 0. The summed E-state index contributed by atoms with van der Waals surface area (Å²) in [7, 11) is 0. The summed E-state index contributed by atoms with van der Waals surface area (Å²) in [4.78, 5) is 37.7. The van der Waals surface area contributed by atoms with Crippen LogP contribution in [0.3, 0.4) is 0 Å². The number of aryl methyl sites for hydroxylation is 1. The van der Waals surface area contributed by atoms with E-state index in [1.807, 2.05) is 43.3 Å². The van der Waals surface area contributed by atoms with Crippen LogP contribution in [-0.2, 0) is 27.3 Å². The van der Waals surface area contributed by atoms with Gasteiger partial charge < -0.3 is 15.3 Å². The monoisotopic (exact) mass is 394 g/mol. The molecule has 1 fully saturated rings. The van der Waals surface area contributed by atoms with Gasteiger partial charge in [0, 0.05) is 18.7 Å². The first-order valence-electron chi connectivity index (χ1n) is 9.81. The number of carboxylic acids is 1. The lowest BCUT2D eigenvalue weighted by molar-refractivity contribution is -0.141. The van der Waals surface area contributed by atoms with Crippen molar-refractivity contribution in [1.82, 2.24) is 4.90 Å². The van der Waals surface area contributed by atoms with Gasteiger partial charge in [-0.3, -0.25) is 14.4 Å². The second-order valence-corrected chi connectivity index (χ2v) is 7.69. The van der Waals surface area contributed by atoms with Gasteiger partial charge in [0.25, 0.3) is 0 Å². The fourth-order valence-electron chi connectivity index (χ4n) is 3.49. The second-order valence-electron chi connectivity index (χ2n) is 7.69. The summed E-state index contributed by atoms with van der Waals surface area (Å²) in [5, 5.41) is 11.9. The maximum absolute atomic E-state index is 12.8. The number of nitrogens with zero attached hydrogens (tertiary/aromatic N) is 1. The third-order valence-electron chi connectivity index (χ3n) is 5.29. The number of likely N-dealkylation sites (tertiary alicyclic amines) is 1. The van der Waals surface area contributed by atoms with Crippen molar-refractivity contribution in [2.75, 3.05) is 5.32 Å². The van der Waals surface area contributed by atoms with Gasteiger partial charge in [-0.1, -0.05) is 48.9 Å². The predicted molar refractivity (Wildman–Crippen MR) is 110 cm³/mol. The maximum Gasteiger partial charge on any atom is 0.306 e. The largest absolute Gasteiger partial charge is 0.481 e. The van der Waals surface area contributed by atoms with Gasteiger partial charge in [-0.2, -0.15) is 0 Å². The summed E-state index contributed by atoms with van der Waals surface area (Å²) in [5.41, 5.74) is 3.68. The quantitative estimate of drug-likeness (QED) is 0.754. The number of carbonyl (C=O) groups is 3. The van der Waals surface area contributed by atoms with Crippen LogP contribution in [0.5, 0.6) is 0 Å². The summed E-state index contributed by atoms with van der Waals surface area (Å²) in [6.07, 6.45) is 1.31. The van der Waals surface area contributed by atoms with Crippen LogP contribution in [0.2, 0.25) is 0 Å². The molecule has 1 saturated heterocycles. The van der Waals surface area contributed by atoms with Gasteiger partial charge in [-0.25, -0.2) is 0 Å². The minimum absolute atomic E-state index is 0.0104. The highest BCUT2D eigenvalue weighted by Crippen LogP contribution is 2.23. The van der Waals surface area contributed by atoms with Crippen LogP contribution < -0.4 is 5.32 Å². The topological polar surface area (TPSA) is 86.7 Å². The highest BCUT2D eigenvalue weighted by Gasteiger charge is 2.35. The van der Waals surface area contributed by atoms with Crippen molar-refractivity contribution in [1.29, 1.82) is 0 Å². The van der Waals surface area contributed by atoms with E-state index in [-0.39, 0.29) is 11.8 Å². The minimum atomic E-state index is -0.832. The zero-order valence-corrected chi connectivity index (χ0v) is 16.7. The lowest BCUT2D eigenvalue weighted by atomic mass is 10.0. The third-order valence-corrected chi connectivity index (χ3v) is 5.29. The van der Waals surface area contributed by atoms with Gasteiger partial charge >= 0.3 is 5.97 Å². The number of rotatable bonds is 7. The number of nitrogens with one attached hydrogen (secondary N) is 1. The van der Waals surface area contributed by atoms with Crippen LogP contribution >= 0.6 is 0 Å². The first-order chi connectivity index (χ1) is 13.8. The second kappa shape index (κ2) is 8.90. The number of carboxylic acid groups (broad SMARTS) is 1. The number of hydrogen-bond acceptors (Lipinski definition) is 3. The Hall–Kier alpha value is -3.15. The average Bonchev–Trinajstić information content (AvgIpc) is 3.05. The van der Waals surface area contributed by atoms with E-state index in [0.29, 0.717) is 31.5 Å². The van der Waals surface area contributed by atoms with Crippen LogP contribution in [0.15, 0.2) is 48.5 Å². The predicted octanol–water partition coefficient (Wildman–Crippen LogP) is 3.39.